The zero-order valence-corrected chi connectivity index (χ0v) is 16.5. The van der Waals surface area contributed by atoms with E-state index in [4.69, 9.17) is 9.47 Å². The normalized spacial score (nSPS) is 43.3. The average molecular weight is 365 g/mol. The lowest BCUT2D eigenvalue weighted by atomic mass is 9.76. The van der Waals surface area contributed by atoms with Gasteiger partial charge < -0.3 is 19.7 Å². The van der Waals surface area contributed by atoms with Crippen molar-refractivity contribution in [1.29, 1.82) is 0 Å². The Hall–Kier alpha value is -1.46. The molecule has 7 atom stereocenters. The van der Waals surface area contributed by atoms with E-state index < -0.39 is 41.9 Å². The monoisotopic (exact) mass is 365 g/mol. The molecule has 0 aromatic heterocycles. The van der Waals surface area contributed by atoms with Crippen LogP contribution in [-0.2, 0) is 14.3 Å². The molecule has 7 unspecified atom stereocenters. The van der Waals surface area contributed by atoms with Gasteiger partial charge in [-0.25, -0.2) is 0 Å². The van der Waals surface area contributed by atoms with Crippen LogP contribution in [0, 0.1) is 11.8 Å². The fourth-order valence-electron chi connectivity index (χ4n) is 3.72. The van der Waals surface area contributed by atoms with Gasteiger partial charge >= 0.3 is 5.97 Å². The van der Waals surface area contributed by atoms with Crippen molar-refractivity contribution in [2.75, 3.05) is 7.05 Å². The van der Waals surface area contributed by atoms with E-state index in [1.807, 2.05) is 27.7 Å². The first-order valence-corrected chi connectivity index (χ1v) is 9.29. The minimum absolute atomic E-state index is 0.0851. The van der Waals surface area contributed by atoms with Crippen LogP contribution in [0.5, 0.6) is 0 Å². The number of nitrogens with zero attached hydrogens (tertiary/aromatic N) is 1. The van der Waals surface area contributed by atoms with Crippen LogP contribution in [0.1, 0.15) is 47.5 Å². The summed E-state index contributed by atoms with van der Waals surface area (Å²) < 4.78 is 11.5. The number of aliphatic imine (C=N–C) groups is 1. The summed E-state index contributed by atoms with van der Waals surface area (Å²) in [4.78, 5) is 16.8. The van der Waals surface area contributed by atoms with E-state index in [9.17, 15) is 15.0 Å². The summed E-state index contributed by atoms with van der Waals surface area (Å²) in [5.74, 6) is -1.31. The maximum Gasteiger partial charge on any atom is 0.312 e. The lowest BCUT2D eigenvalue weighted by Crippen LogP contribution is -2.65. The van der Waals surface area contributed by atoms with Gasteiger partial charge in [-0.3, -0.25) is 9.79 Å². The molecule has 0 amide bonds. The van der Waals surface area contributed by atoms with E-state index in [0.29, 0.717) is 18.6 Å². The lowest BCUT2D eigenvalue weighted by molar-refractivity contribution is -0.169. The third kappa shape index (κ3) is 3.94. The summed E-state index contributed by atoms with van der Waals surface area (Å²) >= 11 is 0. The summed E-state index contributed by atoms with van der Waals surface area (Å²) in [7, 11) is 1.65. The second kappa shape index (κ2) is 8.05. The highest BCUT2D eigenvalue weighted by Crippen LogP contribution is 2.39. The third-order valence-corrected chi connectivity index (χ3v) is 5.52. The van der Waals surface area contributed by atoms with Gasteiger partial charge in [0.1, 0.15) is 17.8 Å². The fourth-order valence-corrected chi connectivity index (χ4v) is 3.72. The quantitative estimate of drug-likeness (QED) is 0.548. The Kier molecular flexibility index (Phi) is 6.46. The Morgan fingerprint density at radius 2 is 2.04 bits per heavy atom. The summed E-state index contributed by atoms with van der Waals surface area (Å²) in [5, 5.41) is 21.1. The summed E-state index contributed by atoms with van der Waals surface area (Å²) in [6.07, 6.45) is -0.0534. The Morgan fingerprint density at radius 1 is 1.38 bits per heavy atom. The molecule has 3 rings (SSSR count). The van der Waals surface area contributed by atoms with E-state index >= 15 is 0 Å². The number of hydrogen-bond donors (Lipinski definition) is 2. The average Bonchev–Trinajstić information content (AvgIpc) is 2.59. The van der Waals surface area contributed by atoms with Gasteiger partial charge in [0.2, 0.25) is 0 Å². The largest absolute Gasteiger partial charge is 0.457 e. The third-order valence-electron chi connectivity index (χ3n) is 5.52. The van der Waals surface area contributed by atoms with Crippen LogP contribution in [0.4, 0.5) is 0 Å². The van der Waals surface area contributed by atoms with Crippen molar-refractivity contribution < 1.29 is 24.5 Å². The summed E-state index contributed by atoms with van der Waals surface area (Å²) in [6.45, 7) is 9.21. The SMILES string of the molecule is CCC1OC(=O)C(C)C(O)C2OC(C)(CC(C)C(O)C=C=C1C)C2=NC. The Morgan fingerprint density at radius 3 is 2.62 bits per heavy atom. The zero-order chi connectivity index (χ0) is 19.6. The predicted octanol–water partition coefficient (Wildman–Crippen LogP) is 2.04. The number of hydrogen-bond acceptors (Lipinski definition) is 6. The molecule has 0 saturated carbocycles. The minimum Gasteiger partial charge on any atom is -0.457 e. The highest BCUT2D eigenvalue weighted by atomic mass is 16.6. The van der Waals surface area contributed by atoms with Gasteiger partial charge in [0.05, 0.1) is 23.8 Å². The molecular formula is C20H31NO5. The Labute approximate surface area is 155 Å². The minimum atomic E-state index is -1.03. The van der Waals surface area contributed by atoms with Crippen LogP contribution in [0.25, 0.3) is 0 Å². The molecule has 0 aromatic carbocycles. The standard InChI is InChI=1S/C20H31NO5/c1-7-15-11(2)8-9-14(22)12(3)10-20(5)18(21-6)17(26-20)16(23)13(4)19(24)25-15/h9,12-17,22-23H,7,10H2,1-6H3. The molecule has 26 heavy (non-hydrogen) atoms. The van der Waals surface area contributed by atoms with Crippen LogP contribution in [-0.4, -0.2) is 59.0 Å². The highest BCUT2D eigenvalue weighted by Gasteiger charge is 2.54. The predicted molar refractivity (Wildman–Crippen MR) is 99.0 cm³/mol. The second-order valence-electron chi connectivity index (χ2n) is 7.66. The van der Waals surface area contributed by atoms with Gasteiger partial charge in [-0.2, -0.15) is 0 Å². The van der Waals surface area contributed by atoms with Crippen molar-refractivity contribution >= 4 is 11.7 Å². The first-order valence-electron chi connectivity index (χ1n) is 9.29. The molecule has 2 N–H and O–H groups in total. The van der Waals surface area contributed by atoms with E-state index in [2.05, 4.69) is 10.7 Å². The Bertz CT molecular complexity index is 636. The lowest BCUT2D eigenvalue weighted by Gasteiger charge is -2.50. The van der Waals surface area contributed by atoms with Crippen LogP contribution < -0.4 is 0 Å². The molecule has 0 radical (unpaired) electrons. The molecule has 6 nitrogen and oxygen atoms in total. The van der Waals surface area contributed by atoms with Gasteiger partial charge in [-0.1, -0.05) is 13.8 Å². The number of ether oxygens (including phenoxy) is 2. The number of carbonyl (C=O) groups excluding carboxylic acids is 1. The van der Waals surface area contributed by atoms with E-state index in [1.165, 1.54) is 0 Å². The molecule has 1 fully saturated rings. The molecule has 0 aliphatic carbocycles. The summed E-state index contributed by atoms with van der Waals surface area (Å²) in [5.41, 5.74) is 3.86. The topological polar surface area (TPSA) is 88.4 Å². The van der Waals surface area contributed by atoms with Gasteiger partial charge in [0.15, 0.2) is 0 Å². The Balaban J connectivity index is 2.41. The number of aliphatic hydroxyl groups is 2. The molecule has 146 valence electrons. The number of rotatable bonds is 1. The van der Waals surface area contributed by atoms with Crippen molar-refractivity contribution in [1.82, 2.24) is 0 Å². The van der Waals surface area contributed by atoms with Crippen molar-refractivity contribution in [2.24, 2.45) is 16.8 Å². The van der Waals surface area contributed by atoms with Gasteiger partial charge in [-0.15, -0.1) is 5.73 Å². The molecule has 0 spiro atoms. The summed E-state index contributed by atoms with van der Waals surface area (Å²) in [6, 6.07) is 0. The maximum absolute atomic E-state index is 12.5. The van der Waals surface area contributed by atoms with E-state index in [0.717, 1.165) is 5.57 Å². The molecule has 0 aromatic rings. The van der Waals surface area contributed by atoms with Crippen LogP contribution in [0.2, 0.25) is 0 Å². The van der Waals surface area contributed by atoms with Gasteiger partial charge in [0.25, 0.3) is 0 Å². The zero-order valence-electron chi connectivity index (χ0n) is 16.5. The van der Waals surface area contributed by atoms with Crippen LogP contribution in [0.3, 0.4) is 0 Å². The first-order chi connectivity index (χ1) is 12.1. The highest BCUT2D eigenvalue weighted by molar-refractivity contribution is 6.01. The fraction of sp³-hybridized carbons (Fsp3) is 0.750. The van der Waals surface area contributed by atoms with Crippen LogP contribution in [0.15, 0.2) is 22.4 Å². The van der Waals surface area contributed by atoms with Gasteiger partial charge in [0, 0.05) is 12.6 Å². The van der Waals surface area contributed by atoms with Gasteiger partial charge in [-0.05, 0) is 45.6 Å². The number of esters is 1. The molecule has 3 heterocycles. The van der Waals surface area contributed by atoms with Crippen molar-refractivity contribution in [2.45, 2.75) is 77.5 Å². The van der Waals surface area contributed by atoms with Crippen molar-refractivity contribution in [3.05, 3.63) is 17.4 Å². The van der Waals surface area contributed by atoms with E-state index in [-0.39, 0.29) is 5.92 Å². The maximum atomic E-state index is 12.5. The van der Waals surface area contributed by atoms with Crippen molar-refractivity contribution in [3.63, 3.8) is 0 Å². The number of fused-ring (bicyclic) bond motifs is 8. The van der Waals surface area contributed by atoms with E-state index in [1.54, 1.807) is 20.0 Å². The van der Waals surface area contributed by atoms with Crippen LogP contribution >= 0.6 is 0 Å². The molecule has 1 saturated heterocycles. The molecular weight excluding hydrogens is 334 g/mol. The first kappa shape index (κ1) is 20.8. The molecule has 2 bridgehead atoms. The number of aliphatic hydroxyl groups excluding tert-OH is 2. The smallest absolute Gasteiger partial charge is 0.312 e. The second-order valence-corrected chi connectivity index (χ2v) is 7.66. The van der Waals surface area contributed by atoms with Crippen molar-refractivity contribution in [3.8, 4) is 0 Å². The molecule has 3 aliphatic rings. The number of carbonyl (C=O) groups is 1. The molecule has 6 heteroatoms. The molecule has 3 aliphatic heterocycles.